The van der Waals surface area contributed by atoms with E-state index in [2.05, 4.69) is 60.5 Å². The summed E-state index contributed by atoms with van der Waals surface area (Å²) in [6.45, 7) is 7.20. The van der Waals surface area contributed by atoms with Crippen LogP contribution in [0.25, 0.3) is 0 Å². The number of hydrogen-bond acceptors (Lipinski definition) is 5. The van der Waals surface area contributed by atoms with Gasteiger partial charge in [-0.05, 0) is 92.6 Å². The highest BCUT2D eigenvalue weighted by Gasteiger charge is 2.53. The van der Waals surface area contributed by atoms with E-state index < -0.39 is 5.60 Å². The third-order valence-corrected chi connectivity index (χ3v) is 9.06. The molecule has 5 aromatic rings. The Morgan fingerprint density at radius 3 is 2.28 bits per heavy atom. The third-order valence-electron chi connectivity index (χ3n) is 9.06. The van der Waals surface area contributed by atoms with E-state index in [4.69, 9.17) is 9.47 Å². The fourth-order valence-electron chi connectivity index (χ4n) is 6.63. The molecule has 0 aliphatic carbocycles. The molecule has 2 heterocycles. The molecule has 0 radical (unpaired) electrons. The lowest BCUT2D eigenvalue weighted by Gasteiger charge is -2.38. The highest BCUT2D eigenvalue weighted by molar-refractivity contribution is 5.97. The van der Waals surface area contributed by atoms with Crippen LogP contribution in [0.3, 0.4) is 0 Å². The van der Waals surface area contributed by atoms with Gasteiger partial charge in [0.1, 0.15) is 17.3 Å². The molecule has 232 valence electrons. The fourth-order valence-corrected chi connectivity index (χ4v) is 6.63. The van der Waals surface area contributed by atoms with E-state index >= 15 is 0 Å². The Balaban J connectivity index is 1.36. The number of rotatable bonds is 9. The maximum Gasteiger partial charge on any atom is 0.340 e. The SMILES string of the molecule is CCCCCCN(c1ccc(C)cc1)c1ccc2c(c1)Oc1cc(C)c(Nc3ccc(F)cc3)cc1C21OC(=O)c2ccccc21. The number of fused-ring (bicyclic) bond motifs is 6. The second-order valence-corrected chi connectivity index (χ2v) is 12.2. The minimum absolute atomic E-state index is 0.299. The van der Waals surface area contributed by atoms with Gasteiger partial charge in [0.25, 0.3) is 0 Å². The minimum atomic E-state index is -1.20. The Kier molecular flexibility index (Phi) is 7.73. The van der Waals surface area contributed by atoms with E-state index in [1.165, 1.54) is 30.5 Å². The molecular weight excluding hydrogens is 575 g/mol. The third kappa shape index (κ3) is 5.18. The van der Waals surface area contributed by atoms with Gasteiger partial charge >= 0.3 is 5.97 Å². The first-order valence-electron chi connectivity index (χ1n) is 16.0. The number of halogens is 1. The van der Waals surface area contributed by atoms with Gasteiger partial charge in [-0.1, -0.05) is 62.1 Å². The van der Waals surface area contributed by atoms with Gasteiger partial charge in [-0.3, -0.25) is 0 Å². The molecule has 5 nitrogen and oxygen atoms in total. The van der Waals surface area contributed by atoms with Crippen LogP contribution in [0.5, 0.6) is 11.5 Å². The number of anilines is 4. The Bertz CT molecular complexity index is 1920. The van der Waals surface area contributed by atoms with E-state index in [1.807, 2.05) is 49.4 Å². The zero-order valence-electron chi connectivity index (χ0n) is 26.4. The predicted molar refractivity (Wildman–Crippen MR) is 181 cm³/mol. The lowest BCUT2D eigenvalue weighted by molar-refractivity contribution is 0.0224. The number of ether oxygens (including phenoxy) is 2. The lowest BCUT2D eigenvalue weighted by Crippen LogP contribution is -2.33. The van der Waals surface area contributed by atoms with Crippen LogP contribution in [0.2, 0.25) is 0 Å². The van der Waals surface area contributed by atoms with Crippen LogP contribution in [0.1, 0.15) is 70.8 Å². The summed E-state index contributed by atoms with van der Waals surface area (Å²) in [5, 5.41) is 3.42. The Morgan fingerprint density at radius 2 is 1.50 bits per heavy atom. The minimum Gasteiger partial charge on any atom is -0.456 e. The highest BCUT2D eigenvalue weighted by Crippen LogP contribution is 2.57. The molecule has 0 fully saturated rings. The first kappa shape index (κ1) is 29.6. The first-order valence-corrected chi connectivity index (χ1v) is 16.0. The van der Waals surface area contributed by atoms with Crippen molar-refractivity contribution in [3.05, 3.63) is 142 Å². The van der Waals surface area contributed by atoms with Crippen LogP contribution in [-0.2, 0) is 10.3 Å². The van der Waals surface area contributed by atoms with Crippen LogP contribution in [0.15, 0.2) is 103 Å². The van der Waals surface area contributed by atoms with Crippen molar-refractivity contribution in [1.29, 1.82) is 0 Å². The standard InChI is InChI=1S/C40H37FN2O3/c1-4-5-6-9-22-43(30-18-12-26(2)13-19-30)31-20-21-34-38(24-31)45-37-23-27(3)36(42-29-16-14-28(41)15-17-29)25-35(37)40(34)33-11-8-7-10-32(33)39(44)46-40/h7-8,10-21,23-25,42H,4-6,9,22H2,1-3H3. The largest absolute Gasteiger partial charge is 0.456 e. The van der Waals surface area contributed by atoms with Crippen molar-refractivity contribution in [3.63, 3.8) is 0 Å². The van der Waals surface area contributed by atoms with Gasteiger partial charge in [0.05, 0.1) is 5.56 Å². The summed E-state index contributed by atoms with van der Waals surface area (Å²) in [6.07, 6.45) is 4.62. The van der Waals surface area contributed by atoms with E-state index in [-0.39, 0.29) is 11.8 Å². The number of esters is 1. The highest BCUT2D eigenvalue weighted by atomic mass is 19.1. The summed E-state index contributed by atoms with van der Waals surface area (Å²) in [5.41, 5.74) is 7.48. The normalized spacial score (nSPS) is 15.9. The Labute approximate surface area is 269 Å². The summed E-state index contributed by atoms with van der Waals surface area (Å²) in [5.74, 6) is 0.608. The second-order valence-electron chi connectivity index (χ2n) is 12.2. The Hall–Kier alpha value is -5.10. The van der Waals surface area contributed by atoms with Gasteiger partial charge in [0.15, 0.2) is 5.60 Å². The van der Waals surface area contributed by atoms with Crippen molar-refractivity contribution in [2.24, 2.45) is 0 Å². The quantitative estimate of drug-likeness (QED) is 0.133. The summed E-state index contributed by atoms with van der Waals surface area (Å²) >= 11 is 0. The maximum atomic E-state index is 13.6. The molecule has 1 unspecified atom stereocenters. The molecule has 6 heteroatoms. The predicted octanol–water partition coefficient (Wildman–Crippen LogP) is 10.5. The molecule has 1 N–H and O–H groups in total. The van der Waals surface area contributed by atoms with Crippen molar-refractivity contribution >= 4 is 28.7 Å². The van der Waals surface area contributed by atoms with E-state index in [9.17, 15) is 9.18 Å². The van der Waals surface area contributed by atoms with Crippen LogP contribution in [0.4, 0.5) is 27.1 Å². The van der Waals surface area contributed by atoms with Crippen LogP contribution >= 0.6 is 0 Å². The molecule has 0 saturated heterocycles. The molecule has 46 heavy (non-hydrogen) atoms. The molecule has 2 aliphatic heterocycles. The summed E-state index contributed by atoms with van der Waals surface area (Å²) in [7, 11) is 0. The van der Waals surface area contributed by atoms with Gasteiger partial charge in [0, 0.05) is 52.1 Å². The van der Waals surface area contributed by atoms with E-state index in [1.54, 1.807) is 12.1 Å². The van der Waals surface area contributed by atoms with Crippen LogP contribution in [-0.4, -0.2) is 12.5 Å². The first-order chi connectivity index (χ1) is 22.4. The van der Waals surface area contributed by atoms with Gasteiger partial charge < -0.3 is 19.7 Å². The zero-order valence-corrected chi connectivity index (χ0v) is 26.4. The molecular formula is C40H37FN2O3. The van der Waals surface area contributed by atoms with Crippen molar-refractivity contribution in [2.75, 3.05) is 16.8 Å². The van der Waals surface area contributed by atoms with Gasteiger partial charge in [-0.2, -0.15) is 0 Å². The van der Waals surface area contributed by atoms with Gasteiger partial charge in [-0.15, -0.1) is 0 Å². The van der Waals surface area contributed by atoms with Crippen LogP contribution in [0, 0.1) is 19.7 Å². The Morgan fingerprint density at radius 1 is 0.761 bits per heavy atom. The molecule has 1 atom stereocenters. The second kappa shape index (κ2) is 12.0. The number of carbonyl (C=O) groups excluding carboxylic acids is 1. The number of nitrogens with one attached hydrogen (secondary N) is 1. The van der Waals surface area contributed by atoms with Crippen molar-refractivity contribution in [1.82, 2.24) is 0 Å². The molecule has 1 spiro atoms. The molecule has 2 aliphatic rings. The maximum absolute atomic E-state index is 13.6. The van der Waals surface area contributed by atoms with Gasteiger partial charge in [0.2, 0.25) is 0 Å². The average Bonchev–Trinajstić information content (AvgIpc) is 3.36. The molecule has 7 rings (SSSR count). The van der Waals surface area contributed by atoms with E-state index in [0.717, 1.165) is 64.4 Å². The molecule has 0 amide bonds. The number of carbonyl (C=O) groups is 1. The number of benzene rings is 5. The smallest absolute Gasteiger partial charge is 0.340 e. The zero-order chi connectivity index (χ0) is 31.8. The molecule has 0 saturated carbocycles. The summed E-state index contributed by atoms with van der Waals surface area (Å²) < 4.78 is 26.8. The number of aryl methyl sites for hydroxylation is 2. The van der Waals surface area contributed by atoms with Gasteiger partial charge in [-0.25, -0.2) is 9.18 Å². The van der Waals surface area contributed by atoms with Crippen molar-refractivity contribution in [3.8, 4) is 11.5 Å². The number of nitrogens with zero attached hydrogens (tertiary/aromatic N) is 1. The summed E-state index contributed by atoms with van der Waals surface area (Å²) in [6, 6.07) is 32.6. The topological polar surface area (TPSA) is 50.8 Å². The average molecular weight is 613 g/mol. The molecule has 0 bridgehead atoms. The fraction of sp³-hybridized carbons (Fsp3) is 0.225. The molecule has 5 aromatic carbocycles. The van der Waals surface area contributed by atoms with Crippen molar-refractivity contribution < 1.29 is 18.7 Å². The monoisotopic (exact) mass is 612 g/mol. The van der Waals surface area contributed by atoms with E-state index in [0.29, 0.717) is 17.1 Å². The number of unbranched alkanes of at least 4 members (excludes halogenated alkanes) is 3. The summed E-state index contributed by atoms with van der Waals surface area (Å²) in [4.78, 5) is 15.8. The lowest BCUT2D eigenvalue weighted by atomic mass is 9.77. The number of hydrogen-bond donors (Lipinski definition) is 1. The van der Waals surface area contributed by atoms with Crippen molar-refractivity contribution in [2.45, 2.75) is 52.1 Å². The molecule has 0 aromatic heterocycles. The van der Waals surface area contributed by atoms with Crippen LogP contribution < -0.4 is 15.0 Å².